The van der Waals surface area contributed by atoms with Crippen LogP contribution in [0.5, 0.6) is 0 Å². The highest BCUT2D eigenvalue weighted by molar-refractivity contribution is 7.92. The van der Waals surface area contributed by atoms with E-state index in [0.717, 1.165) is 18.7 Å². The summed E-state index contributed by atoms with van der Waals surface area (Å²) in [6.45, 7) is 7.24. The molecule has 1 heterocycles. The summed E-state index contributed by atoms with van der Waals surface area (Å²) in [6.07, 6.45) is 2.37. The van der Waals surface area contributed by atoms with Crippen molar-refractivity contribution in [2.75, 3.05) is 26.2 Å². The summed E-state index contributed by atoms with van der Waals surface area (Å²) >= 11 is 0. The van der Waals surface area contributed by atoms with Crippen molar-refractivity contribution in [3.8, 4) is 0 Å². The summed E-state index contributed by atoms with van der Waals surface area (Å²) < 4.78 is 32.3. The molecule has 1 fully saturated rings. The largest absolute Gasteiger partial charge is 0.376 e. The molecule has 0 aromatic heterocycles. The maximum Gasteiger partial charge on any atom is 0.233 e. The smallest absolute Gasteiger partial charge is 0.233 e. The second-order valence-corrected chi connectivity index (χ2v) is 7.67. The fraction of sp³-hybridized carbons (Fsp3) is 0.529. The van der Waals surface area contributed by atoms with Crippen molar-refractivity contribution in [2.45, 2.75) is 32.4 Å². The summed E-state index contributed by atoms with van der Waals surface area (Å²) in [5, 5.41) is 1.21. The minimum absolute atomic E-state index is 0.0898. The Labute approximate surface area is 139 Å². The van der Waals surface area contributed by atoms with Gasteiger partial charge in [-0.25, -0.2) is 13.1 Å². The molecular weight excluding hydrogens is 312 g/mol. The molecule has 6 heteroatoms. The zero-order valence-electron chi connectivity index (χ0n) is 13.8. The predicted octanol–water partition coefficient (Wildman–Crippen LogP) is 2.08. The highest BCUT2D eigenvalue weighted by atomic mass is 32.2. The molecule has 0 amide bonds. The van der Waals surface area contributed by atoms with Crippen LogP contribution in [-0.4, -0.2) is 51.7 Å². The number of morpholine rings is 1. The Hall–Kier alpha value is -1.21. The van der Waals surface area contributed by atoms with Gasteiger partial charge in [0.15, 0.2) is 0 Å². The SMILES string of the molecule is CC(C)N1CCO[C@H](CCNS(=O)(=O)/C=C/c2ccccc2)C1. The van der Waals surface area contributed by atoms with Crippen molar-refractivity contribution in [2.24, 2.45) is 0 Å². The third-order valence-corrected chi connectivity index (χ3v) is 5.01. The van der Waals surface area contributed by atoms with Crippen LogP contribution in [0.1, 0.15) is 25.8 Å². The lowest BCUT2D eigenvalue weighted by Crippen LogP contribution is -2.46. The highest BCUT2D eigenvalue weighted by Crippen LogP contribution is 2.11. The molecule has 1 aromatic carbocycles. The van der Waals surface area contributed by atoms with Crippen LogP contribution in [0.4, 0.5) is 0 Å². The van der Waals surface area contributed by atoms with Gasteiger partial charge in [0.2, 0.25) is 10.0 Å². The molecule has 0 unspecified atom stereocenters. The van der Waals surface area contributed by atoms with Crippen molar-refractivity contribution < 1.29 is 13.2 Å². The number of sulfonamides is 1. The van der Waals surface area contributed by atoms with E-state index in [1.807, 2.05) is 30.3 Å². The summed E-state index contributed by atoms with van der Waals surface area (Å²) in [7, 11) is -3.41. The molecule has 0 spiro atoms. The van der Waals surface area contributed by atoms with Gasteiger partial charge < -0.3 is 4.74 Å². The van der Waals surface area contributed by atoms with Crippen molar-refractivity contribution >= 4 is 16.1 Å². The molecule has 128 valence electrons. The van der Waals surface area contributed by atoms with E-state index in [1.54, 1.807) is 6.08 Å². The van der Waals surface area contributed by atoms with Gasteiger partial charge in [0.25, 0.3) is 0 Å². The molecule has 0 aliphatic carbocycles. The summed E-state index contributed by atoms with van der Waals surface area (Å²) in [4.78, 5) is 2.36. The number of benzene rings is 1. The van der Waals surface area contributed by atoms with Gasteiger partial charge in [0.05, 0.1) is 12.7 Å². The molecule has 2 rings (SSSR count). The molecule has 0 bridgehead atoms. The van der Waals surface area contributed by atoms with Crippen LogP contribution in [0.25, 0.3) is 6.08 Å². The molecular formula is C17H26N2O3S. The van der Waals surface area contributed by atoms with E-state index in [0.29, 0.717) is 25.6 Å². The Morgan fingerprint density at radius 3 is 2.78 bits per heavy atom. The zero-order chi connectivity index (χ0) is 16.7. The first-order valence-electron chi connectivity index (χ1n) is 8.05. The number of rotatable bonds is 7. The first-order valence-corrected chi connectivity index (χ1v) is 9.59. The topological polar surface area (TPSA) is 58.6 Å². The van der Waals surface area contributed by atoms with Gasteiger partial charge in [-0.05, 0) is 31.9 Å². The molecule has 1 atom stereocenters. The monoisotopic (exact) mass is 338 g/mol. The third-order valence-electron chi connectivity index (χ3n) is 3.91. The first-order chi connectivity index (χ1) is 11.0. The van der Waals surface area contributed by atoms with Crippen LogP contribution in [0.2, 0.25) is 0 Å². The summed E-state index contributed by atoms with van der Waals surface area (Å²) in [6, 6.07) is 9.87. The highest BCUT2D eigenvalue weighted by Gasteiger charge is 2.22. The van der Waals surface area contributed by atoms with E-state index in [9.17, 15) is 8.42 Å². The van der Waals surface area contributed by atoms with Crippen molar-refractivity contribution in [3.05, 3.63) is 41.3 Å². The van der Waals surface area contributed by atoms with E-state index < -0.39 is 10.0 Å². The predicted molar refractivity (Wildman–Crippen MR) is 93.5 cm³/mol. The van der Waals surface area contributed by atoms with Crippen LogP contribution in [0.15, 0.2) is 35.7 Å². The first kappa shape index (κ1) is 18.1. The van der Waals surface area contributed by atoms with Crippen LogP contribution >= 0.6 is 0 Å². The number of nitrogens with one attached hydrogen (secondary N) is 1. The number of hydrogen-bond acceptors (Lipinski definition) is 4. The third kappa shape index (κ3) is 6.43. The molecule has 1 saturated heterocycles. The Morgan fingerprint density at radius 2 is 2.09 bits per heavy atom. The molecule has 5 nitrogen and oxygen atoms in total. The van der Waals surface area contributed by atoms with Crippen LogP contribution in [0.3, 0.4) is 0 Å². The van der Waals surface area contributed by atoms with Crippen LogP contribution in [-0.2, 0) is 14.8 Å². The van der Waals surface area contributed by atoms with Crippen LogP contribution < -0.4 is 4.72 Å². The molecule has 0 saturated carbocycles. The molecule has 1 aliphatic rings. The van der Waals surface area contributed by atoms with Gasteiger partial charge in [-0.15, -0.1) is 0 Å². The molecule has 23 heavy (non-hydrogen) atoms. The van der Waals surface area contributed by atoms with Gasteiger partial charge in [-0.1, -0.05) is 30.3 Å². The fourth-order valence-electron chi connectivity index (χ4n) is 2.53. The van der Waals surface area contributed by atoms with Gasteiger partial charge in [0, 0.05) is 31.1 Å². The Morgan fingerprint density at radius 1 is 1.35 bits per heavy atom. The van der Waals surface area contributed by atoms with Crippen molar-refractivity contribution in [1.82, 2.24) is 9.62 Å². The molecule has 1 aromatic rings. The molecule has 0 radical (unpaired) electrons. The number of nitrogens with zero attached hydrogens (tertiary/aromatic N) is 1. The van der Waals surface area contributed by atoms with E-state index in [4.69, 9.17) is 4.74 Å². The van der Waals surface area contributed by atoms with Crippen molar-refractivity contribution in [3.63, 3.8) is 0 Å². The van der Waals surface area contributed by atoms with E-state index in [1.165, 1.54) is 5.41 Å². The van der Waals surface area contributed by atoms with E-state index >= 15 is 0 Å². The van der Waals surface area contributed by atoms with Crippen LogP contribution in [0, 0.1) is 0 Å². The molecule has 1 N–H and O–H groups in total. The standard InChI is InChI=1S/C17H26N2O3S/c1-15(2)19-11-12-22-17(14-19)8-10-18-23(20,21)13-9-16-6-4-3-5-7-16/h3-7,9,13,15,17-18H,8,10-12,14H2,1-2H3/b13-9+/t17-/m1/s1. The Kier molecular flexibility index (Phi) is 6.77. The lowest BCUT2D eigenvalue weighted by atomic mass is 10.2. The Balaban J connectivity index is 1.77. The van der Waals surface area contributed by atoms with E-state index in [2.05, 4.69) is 23.5 Å². The fourth-order valence-corrected chi connectivity index (χ4v) is 3.36. The van der Waals surface area contributed by atoms with Gasteiger partial charge in [-0.3, -0.25) is 4.90 Å². The lowest BCUT2D eigenvalue weighted by molar-refractivity contribution is -0.0409. The van der Waals surface area contributed by atoms with Gasteiger partial charge in [-0.2, -0.15) is 0 Å². The minimum atomic E-state index is -3.41. The maximum atomic E-state index is 12.0. The van der Waals surface area contributed by atoms with Gasteiger partial charge >= 0.3 is 0 Å². The quantitative estimate of drug-likeness (QED) is 0.827. The summed E-state index contributed by atoms with van der Waals surface area (Å²) in [5.74, 6) is 0. The average molecular weight is 338 g/mol. The second kappa shape index (κ2) is 8.59. The lowest BCUT2D eigenvalue weighted by Gasteiger charge is -2.35. The average Bonchev–Trinajstić information content (AvgIpc) is 2.54. The maximum absolute atomic E-state index is 12.0. The second-order valence-electron chi connectivity index (χ2n) is 6.02. The number of hydrogen-bond donors (Lipinski definition) is 1. The van der Waals surface area contributed by atoms with E-state index in [-0.39, 0.29) is 6.10 Å². The zero-order valence-corrected chi connectivity index (χ0v) is 14.6. The number of ether oxygens (including phenoxy) is 1. The summed E-state index contributed by atoms with van der Waals surface area (Å²) in [5.41, 5.74) is 0.862. The minimum Gasteiger partial charge on any atom is -0.376 e. The van der Waals surface area contributed by atoms with Crippen molar-refractivity contribution in [1.29, 1.82) is 0 Å². The van der Waals surface area contributed by atoms with Gasteiger partial charge in [0.1, 0.15) is 0 Å². The normalized spacial score (nSPS) is 20.4. The Bertz CT molecular complexity index is 600. The molecule has 1 aliphatic heterocycles.